The number of rotatable bonds is 6. The number of nitrogens with zero attached hydrogens (tertiary/aromatic N) is 3. The molecule has 2 aliphatic rings. The second kappa shape index (κ2) is 11.5. The lowest BCUT2D eigenvalue weighted by molar-refractivity contribution is -0.125. The molecule has 10 heteroatoms. The number of nitrogens with one attached hydrogen (secondary N) is 2. The maximum absolute atomic E-state index is 14.8. The minimum atomic E-state index is -0.771. The largest absolute Gasteiger partial charge is 0.381 e. The number of halogens is 2. The molecule has 3 heterocycles. The van der Waals surface area contributed by atoms with Gasteiger partial charge in [-0.2, -0.15) is 0 Å². The van der Waals surface area contributed by atoms with Crippen LogP contribution in [0.4, 0.5) is 4.39 Å². The van der Waals surface area contributed by atoms with Crippen molar-refractivity contribution >= 4 is 23.4 Å². The van der Waals surface area contributed by atoms with Gasteiger partial charge in [0.15, 0.2) is 5.69 Å². The molecule has 8 nitrogen and oxygen atoms in total. The molecule has 0 saturated carbocycles. The molecular weight excluding hydrogens is 497 g/mol. The fraction of sp³-hybridized carbons (Fsp3) is 0.593. The Labute approximate surface area is 222 Å². The molecule has 202 valence electrons. The van der Waals surface area contributed by atoms with Gasteiger partial charge >= 0.3 is 0 Å². The smallest absolute Gasteiger partial charge is 0.272 e. The molecule has 0 aliphatic carbocycles. The minimum absolute atomic E-state index is 0.203. The van der Waals surface area contributed by atoms with E-state index in [1.54, 1.807) is 0 Å². The highest BCUT2D eigenvalue weighted by molar-refractivity contribution is 6.30. The van der Waals surface area contributed by atoms with E-state index in [2.05, 4.69) is 20.5 Å². The van der Waals surface area contributed by atoms with Gasteiger partial charge in [0.2, 0.25) is 5.91 Å². The van der Waals surface area contributed by atoms with Gasteiger partial charge in [-0.3, -0.25) is 9.59 Å². The van der Waals surface area contributed by atoms with Crippen LogP contribution in [0.3, 0.4) is 0 Å². The van der Waals surface area contributed by atoms with Crippen LogP contribution in [0, 0.1) is 17.2 Å². The molecule has 0 radical (unpaired) electrons. The summed E-state index contributed by atoms with van der Waals surface area (Å²) >= 11 is 6.17. The van der Waals surface area contributed by atoms with Crippen molar-refractivity contribution in [3.8, 4) is 11.4 Å². The summed E-state index contributed by atoms with van der Waals surface area (Å²) < 4.78 is 22.2. The Morgan fingerprint density at radius 2 is 1.97 bits per heavy atom. The maximum Gasteiger partial charge on any atom is 0.272 e. The molecule has 1 saturated heterocycles. The van der Waals surface area contributed by atoms with Crippen LogP contribution >= 0.6 is 11.6 Å². The van der Waals surface area contributed by atoms with Crippen molar-refractivity contribution in [1.29, 1.82) is 0 Å². The summed E-state index contributed by atoms with van der Waals surface area (Å²) in [4.78, 5) is 33.7. The molecule has 1 atom stereocenters. The second-order valence-corrected chi connectivity index (χ2v) is 11.6. The molecule has 2 aliphatic heterocycles. The van der Waals surface area contributed by atoms with Crippen LogP contribution in [0.1, 0.15) is 56.2 Å². The highest BCUT2D eigenvalue weighted by Crippen LogP contribution is 2.30. The third-order valence-corrected chi connectivity index (χ3v) is 7.34. The monoisotopic (exact) mass is 533 g/mol. The summed E-state index contributed by atoms with van der Waals surface area (Å²) in [6, 6.07) is 3.55. The quantitative estimate of drug-likeness (QED) is 0.588. The number of benzene rings is 1. The first-order valence-corrected chi connectivity index (χ1v) is 13.3. The predicted octanol–water partition coefficient (Wildman–Crippen LogP) is 3.87. The van der Waals surface area contributed by atoms with Crippen LogP contribution in [-0.2, 0) is 22.6 Å². The summed E-state index contributed by atoms with van der Waals surface area (Å²) in [5, 5.41) is 6.37. The standard InChI is InChI=1S/C27H37ClFN5O3/c1-27(2,3)23(26(36)30-15-17-8-12-37-13-9-17)32-25(35)22-21-16-33(4)10-5-11-34(21)24(31-22)19-14-18(28)6-7-20(19)29/h6-7,14,17,23H,5,8-13,15-16H2,1-4H3,(H,30,36)(H,32,35). The molecule has 1 aromatic heterocycles. The summed E-state index contributed by atoms with van der Waals surface area (Å²) in [6.07, 6.45) is 2.64. The van der Waals surface area contributed by atoms with E-state index in [1.165, 1.54) is 18.2 Å². The Bertz CT molecular complexity index is 1140. The van der Waals surface area contributed by atoms with Gasteiger partial charge in [-0.1, -0.05) is 32.4 Å². The first-order valence-electron chi connectivity index (χ1n) is 12.9. The van der Waals surface area contributed by atoms with Crippen molar-refractivity contribution in [2.24, 2.45) is 11.3 Å². The Morgan fingerprint density at radius 1 is 1.24 bits per heavy atom. The molecule has 0 spiro atoms. The number of hydrogen-bond donors (Lipinski definition) is 2. The van der Waals surface area contributed by atoms with E-state index in [0.717, 1.165) is 25.8 Å². The maximum atomic E-state index is 14.8. The van der Waals surface area contributed by atoms with Crippen molar-refractivity contribution in [3.05, 3.63) is 40.4 Å². The number of aromatic nitrogens is 2. The van der Waals surface area contributed by atoms with Crippen LogP contribution in [-0.4, -0.2) is 65.7 Å². The van der Waals surface area contributed by atoms with Crippen LogP contribution < -0.4 is 10.6 Å². The van der Waals surface area contributed by atoms with E-state index in [4.69, 9.17) is 16.3 Å². The van der Waals surface area contributed by atoms with E-state index in [-0.39, 0.29) is 17.2 Å². The Hall–Kier alpha value is -2.49. The Morgan fingerprint density at radius 3 is 2.68 bits per heavy atom. The van der Waals surface area contributed by atoms with Crippen molar-refractivity contribution in [2.45, 2.75) is 59.2 Å². The van der Waals surface area contributed by atoms with Gasteiger partial charge < -0.3 is 24.8 Å². The van der Waals surface area contributed by atoms with E-state index in [1.807, 2.05) is 32.4 Å². The van der Waals surface area contributed by atoms with Gasteiger partial charge in [0.1, 0.15) is 17.7 Å². The van der Waals surface area contributed by atoms with Gasteiger partial charge in [-0.05, 0) is 62.4 Å². The van der Waals surface area contributed by atoms with Crippen molar-refractivity contribution < 1.29 is 18.7 Å². The number of carbonyl (C=O) groups excluding carboxylic acids is 2. The second-order valence-electron chi connectivity index (χ2n) is 11.2. The van der Waals surface area contributed by atoms with Crippen LogP contribution in [0.25, 0.3) is 11.4 Å². The summed E-state index contributed by atoms with van der Waals surface area (Å²) in [5.74, 6) is -0.401. The number of fused-ring (bicyclic) bond motifs is 1. The first-order chi connectivity index (χ1) is 17.5. The first kappa shape index (κ1) is 27.5. The zero-order chi connectivity index (χ0) is 26.7. The molecule has 1 aromatic carbocycles. The fourth-order valence-electron chi connectivity index (χ4n) is 4.95. The van der Waals surface area contributed by atoms with Crippen molar-refractivity contribution in [2.75, 3.05) is 33.4 Å². The van der Waals surface area contributed by atoms with Gasteiger partial charge in [0.25, 0.3) is 5.91 Å². The SMILES string of the molecule is CN1CCCn2c(-c3cc(Cl)ccc3F)nc(C(=O)NC(C(=O)NCC3CCOCC3)C(C)(C)C)c2C1. The van der Waals surface area contributed by atoms with Gasteiger partial charge in [-0.25, -0.2) is 9.37 Å². The molecule has 2 amide bonds. The molecule has 2 N–H and O–H groups in total. The highest BCUT2D eigenvalue weighted by atomic mass is 35.5. The van der Waals surface area contributed by atoms with Crippen LogP contribution in [0.15, 0.2) is 18.2 Å². The van der Waals surface area contributed by atoms with E-state index >= 15 is 0 Å². The normalized spacial score (nSPS) is 18.1. The Balaban J connectivity index is 1.62. The van der Waals surface area contributed by atoms with Crippen molar-refractivity contribution in [1.82, 2.24) is 25.1 Å². The molecule has 37 heavy (non-hydrogen) atoms. The summed E-state index contributed by atoms with van der Waals surface area (Å²) in [7, 11) is 1.98. The number of amides is 2. The van der Waals surface area contributed by atoms with Gasteiger partial charge in [0, 0.05) is 37.9 Å². The number of hydrogen-bond acceptors (Lipinski definition) is 5. The third kappa shape index (κ3) is 6.51. The average molecular weight is 534 g/mol. The lowest BCUT2D eigenvalue weighted by Gasteiger charge is -2.31. The molecule has 2 aromatic rings. The van der Waals surface area contributed by atoms with Gasteiger partial charge in [-0.15, -0.1) is 0 Å². The van der Waals surface area contributed by atoms with E-state index < -0.39 is 23.2 Å². The number of imidazole rings is 1. The van der Waals surface area contributed by atoms with E-state index in [9.17, 15) is 14.0 Å². The average Bonchev–Trinajstić information content (AvgIpc) is 3.08. The molecule has 4 rings (SSSR count). The van der Waals surface area contributed by atoms with Crippen LogP contribution in [0.2, 0.25) is 5.02 Å². The highest BCUT2D eigenvalue weighted by Gasteiger charge is 2.35. The zero-order valence-corrected chi connectivity index (χ0v) is 22.8. The lowest BCUT2D eigenvalue weighted by Crippen LogP contribution is -2.54. The Kier molecular flexibility index (Phi) is 8.56. The fourth-order valence-corrected chi connectivity index (χ4v) is 5.12. The van der Waals surface area contributed by atoms with Crippen LogP contribution in [0.5, 0.6) is 0 Å². The zero-order valence-electron chi connectivity index (χ0n) is 22.1. The molecule has 1 unspecified atom stereocenters. The van der Waals surface area contributed by atoms with E-state index in [0.29, 0.717) is 55.3 Å². The van der Waals surface area contributed by atoms with Gasteiger partial charge in [0.05, 0.1) is 11.3 Å². The number of ether oxygens (including phenoxy) is 1. The lowest BCUT2D eigenvalue weighted by atomic mass is 9.85. The minimum Gasteiger partial charge on any atom is -0.381 e. The summed E-state index contributed by atoms with van der Waals surface area (Å²) in [5.41, 5.74) is 0.612. The molecule has 1 fully saturated rings. The van der Waals surface area contributed by atoms with Crippen molar-refractivity contribution in [3.63, 3.8) is 0 Å². The third-order valence-electron chi connectivity index (χ3n) is 7.11. The summed E-state index contributed by atoms with van der Waals surface area (Å²) in [6.45, 7) is 9.61. The number of carbonyl (C=O) groups is 2. The topological polar surface area (TPSA) is 88.5 Å². The molecular formula is C27H37ClFN5O3. The predicted molar refractivity (Wildman–Crippen MR) is 141 cm³/mol. The molecule has 0 bridgehead atoms.